The molecule has 1 N–H and O–H groups in total. The molecule has 2 aliphatic rings. The normalized spacial score (nSPS) is 20.5. The Bertz CT molecular complexity index is 1360. The number of carbonyl (C=O) groups is 2. The molecule has 12 heteroatoms. The van der Waals surface area contributed by atoms with E-state index in [4.69, 9.17) is 4.74 Å². The first-order valence-electron chi connectivity index (χ1n) is 14.2. The Labute approximate surface area is 242 Å². The maximum absolute atomic E-state index is 13.5. The van der Waals surface area contributed by atoms with Crippen LogP contribution in [0, 0.1) is 0 Å². The number of carbonyl (C=O) groups excluding carboxylic acids is 2. The van der Waals surface area contributed by atoms with E-state index in [2.05, 4.69) is 37.6 Å². The van der Waals surface area contributed by atoms with Gasteiger partial charge >= 0.3 is 12.1 Å². The SMILES string of the molecule is COC(=O)c1cn([C@H]2C[C@@H](C(=O)NCc3cccc(C(F)(F)F)c3)N(C3CCN(CCc4ccccc4)CC3)C2)nn1. The molecular weight excluding hydrogens is 549 g/mol. The lowest BCUT2D eigenvalue weighted by molar-refractivity contribution is -0.137. The number of hydrogen-bond donors (Lipinski definition) is 1. The Morgan fingerprint density at radius 1 is 1.02 bits per heavy atom. The van der Waals surface area contributed by atoms with Gasteiger partial charge in [0.2, 0.25) is 5.91 Å². The topological polar surface area (TPSA) is 92.6 Å². The van der Waals surface area contributed by atoms with Crippen molar-refractivity contribution in [3.63, 3.8) is 0 Å². The van der Waals surface area contributed by atoms with Crippen LogP contribution in [0.5, 0.6) is 0 Å². The Balaban J connectivity index is 1.25. The highest BCUT2D eigenvalue weighted by atomic mass is 19.4. The van der Waals surface area contributed by atoms with Crippen LogP contribution in [-0.4, -0.2) is 82.0 Å². The van der Waals surface area contributed by atoms with Crippen LogP contribution in [0.25, 0.3) is 0 Å². The zero-order valence-electron chi connectivity index (χ0n) is 23.5. The first kappa shape index (κ1) is 29.7. The van der Waals surface area contributed by atoms with E-state index in [-0.39, 0.29) is 30.2 Å². The Morgan fingerprint density at radius 2 is 1.76 bits per heavy atom. The van der Waals surface area contributed by atoms with Crippen LogP contribution < -0.4 is 5.32 Å². The summed E-state index contributed by atoms with van der Waals surface area (Å²) < 4.78 is 45.9. The summed E-state index contributed by atoms with van der Waals surface area (Å²) in [6.07, 6.45) is 0.281. The third-order valence-corrected chi connectivity index (χ3v) is 8.21. The summed E-state index contributed by atoms with van der Waals surface area (Å²) in [5.74, 6) is -0.830. The van der Waals surface area contributed by atoms with E-state index in [0.717, 1.165) is 51.0 Å². The van der Waals surface area contributed by atoms with Crippen molar-refractivity contribution >= 4 is 11.9 Å². The van der Waals surface area contributed by atoms with E-state index >= 15 is 0 Å². The third kappa shape index (κ3) is 7.16. The van der Waals surface area contributed by atoms with Crippen molar-refractivity contribution in [3.05, 3.63) is 83.2 Å². The maximum atomic E-state index is 13.5. The molecular formula is C30H35F3N6O3. The molecule has 0 unspecified atom stereocenters. The van der Waals surface area contributed by atoms with Crippen LogP contribution >= 0.6 is 0 Å². The molecule has 0 bridgehead atoms. The zero-order chi connectivity index (χ0) is 29.7. The molecule has 0 aliphatic carbocycles. The number of piperidine rings is 1. The predicted octanol–water partition coefficient (Wildman–Crippen LogP) is 3.72. The van der Waals surface area contributed by atoms with Gasteiger partial charge in [-0.25, -0.2) is 9.48 Å². The summed E-state index contributed by atoms with van der Waals surface area (Å²) in [6, 6.07) is 14.8. The molecule has 9 nitrogen and oxygen atoms in total. The number of esters is 1. The summed E-state index contributed by atoms with van der Waals surface area (Å²) in [7, 11) is 1.27. The number of amides is 1. The summed E-state index contributed by atoms with van der Waals surface area (Å²) >= 11 is 0. The lowest BCUT2D eigenvalue weighted by Crippen LogP contribution is -2.51. The number of benzene rings is 2. The number of rotatable bonds is 9. The minimum atomic E-state index is -4.45. The van der Waals surface area contributed by atoms with Crippen LogP contribution in [-0.2, 0) is 28.7 Å². The predicted molar refractivity (Wildman–Crippen MR) is 148 cm³/mol. The number of hydrogen-bond acceptors (Lipinski definition) is 7. The number of methoxy groups -OCH3 is 1. The largest absolute Gasteiger partial charge is 0.464 e. The molecule has 0 spiro atoms. The Kier molecular flexibility index (Phi) is 9.22. The molecule has 0 radical (unpaired) electrons. The third-order valence-electron chi connectivity index (χ3n) is 8.21. The molecule has 3 heterocycles. The minimum absolute atomic E-state index is 0.00843. The highest BCUT2D eigenvalue weighted by molar-refractivity contribution is 5.86. The number of aromatic nitrogens is 3. The molecule has 3 aromatic rings. The van der Waals surface area contributed by atoms with Crippen molar-refractivity contribution in [1.29, 1.82) is 0 Å². The second-order valence-corrected chi connectivity index (χ2v) is 10.9. The van der Waals surface area contributed by atoms with E-state index in [1.807, 2.05) is 18.2 Å². The molecule has 5 rings (SSSR count). The van der Waals surface area contributed by atoms with Gasteiger partial charge in [0.15, 0.2) is 5.69 Å². The van der Waals surface area contributed by atoms with Crippen molar-refractivity contribution in [3.8, 4) is 0 Å². The van der Waals surface area contributed by atoms with E-state index < -0.39 is 23.8 Å². The lowest BCUT2D eigenvalue weighted by Gasteiger charge is -2.39. The van der Waals surface area contributed by atoms with Crippen LogP contribution in [0.1, 0.15) is 52.5 Å². The minimum Gasteiger partial charge on any atom is -0.464 e. The van der Waals surface area contributed by atoms with Gasteiger partial charge in [-0.05, 0) is 62.0 Å². The van der Waals surface area contributed by atoms with E-state index in [9.17, 15) is 22.8 Å². The molecule has 2 fully saturated rings. The van der Waals surface area contributed by atoms with Crippen molar-refractivity contribution in [2.75, 3.05) is 33.3 Å². The van der Waals surface area contributed by atoms with Gasteiger partial charge in [-0.15, -0.1) is 5.10 Å². The number of nitrogens with zero attached hydrogens (tertiary/aromatic N) is 5. The van der Waals surface area contributed by atoms with Crippen LogP contribution in [0.4, 0.5) is 13.2 Å². The molecule has 2 aromatic carbocycles. The van der Waals surface area contributed by atoms with E-state index in [0.29, 0.717) is 18.5 Å². The summed E-state index contributed by atoms with van der Waals surface area (Å²) in [5, 5.41) is 10.9. The Hall–Kier alpha value is -3.77. The van der Waals surface area contributed by atoms with Crippen molar-refractivity contribution in [1.82, 2.24) is 30.1 Å². The zero-order valence-corrected chi connectivity index (χ0v) is 23.5. The van der Waals surface area contributed by atoms with E-state index in [1.54, 1.807) is 10.7 Å². The molecule has 0 saturated carbocycles. The van der Waals surface area contributed by atoms with Crippen molar-refractivity contribution in [2.24, 2.45) is 0 Å². The quantitative estimate of drug-likeness (QED) is 0.384. The van der Waals surface area contributed by atoms with E-state index in [1.165, 1.54) is 24.9 Å². The van der Waals surface area contributed by atoms with Crippen molar-refractivity contribution in [2.45, 2.75) is 56.5 Å². The fourth-order valence-corrected chi connectivity index (χ4v) is 5.92. The molecule has 2 saturated heterocycles. The average molecular weight is 585 g/mol. The van der Waals surface area contributed by atoms with Crippen LogP contribution in [0.3, 0.4) is 0 Å². The Morgan fingerprint density at radius 3 is 2.48 bits per heavy atom. The van der Waals surface area contributed by atoms with Crippen LogP contribution in [0.15, 0.2) is 60.8 Å². The van der Waals surface area contributed by atoms with Gasteiger partial charge in [0.25, 0.3) is 0 Å². The van der Waals surface area contributed by atoms with Gasteiger partial charge in [0.05, 0.1) is 31.0 Å². The smallest absolute Gasteiger partial charge is 0.416 e. The summed E-state index contributed by atoms with van der Waals surface area (Å²) in [4.78, 5) is 30.1. The van der Waals surface area contributed by atoms with Gasteiger partial charge in [0, 0.05) is 25.7 Å². The first-order valence-corrected chi connectivity index (χ1v) is 14.2. The second-order valence-electron chi connectivity index (χ2n) is 10.9. The maximum Gasteiger partial charge on any atom is 0.416 e. The van der Waals surface area contributed by atoms with Gasteiger partial charge in [0.1, 0.15) is 0 Å². The van der Waals surface area contributed by atoms with Gasteiger partial charge in [-0.1, -0.05) is 47.7 Å². The molecule has 2 atom stereocenters. The fraction of sp³-hybridized carbons (Fsp3) is 0.467. The second kappa shape index (κ2) is 13.0. The van der Waals surface area contributed by atoms with Gasteiger partial charge in [-0.2, -0.15) is 13.2 Å². The number of alkyl halides is 3. The monoisotopic (exact) mass is 584 g/mol. The van der Waals surface area contributed by atoms with Crippen LogP contribution in [0.2, 0.25) is 0 Å². The molecule has 2 aliphatic heterocycles. The molecule has 224 valence electrons. The summed E-state index contributed by atoms with van der Waals surface area (Å²) in [5.41, 5.74) is 1.03. The fourth-order valence-electron chi connectivity index (χ4n) is 5.92. The highest BCUT2D eigenvalue weighted by Crippen LogP contribution is 2.33. The summed E-state index contributed by atoms with van der Waals surface area (Å²) in [6.45, 7) is 3.32. The number of nitrogens with one attached hydrogen (secondary N) is 1. The highest BCUT2D eigenvalue weighted by Gasteiger charge is 2.42. The molecule has 1 aromatic heterocycles. The molecule has 42 heavy (non-hydrogen) atoms. The van der Waals surface area contributed by atoms with Gasteiger partial charge < -0.3 is 15.0 Å². The number of ether oxygens (including phenoxy) is 1. The van der Waals surface area contributed by atoms with Crippen molar-refractivity contribution < 1.29 is 27.5 Å². The number of likely N-dealkylation sites (tertiary alicyclic amines) is 2. The molecule has 1 amide bonds. The first-order chi connectivity index (χ1) is 20.2. The number of halogens is 3. The standard InChI is InChI=1S/C30H35F3N6O3/c1-42-29(41)26-20-39(36-35-26)25-17-27(28(40)34-18-22-8-5-9-23(16-22)30(31,32)33)38(19-25)24-11-14-37(15-12-24)13-10-21-6-3-2-4-7-21/h2-9,16,20,24-25,27H,10-15,17-19H2,1H3,(H,34,40)/t25-,27-/m0/s1. The lowest BCUT2D eigenvalue weighted by atomic mass is 10.0. The van der Waals surface area contributed by atoms with Gasteiger partial charge in [-0.3, -0.25) is 9.69 Å². The average Bonchev–Trinajstić information content (AvgIpc) is 3.67.